The fraction of sp³-hybridized carbons (Fsp3) is 0.571. The molecule has 2 aliphatic heterocycles. The van der Waals surface area contributed by atoms with Crippen LogP contribution in [0.15, 0.2) is 16.7 Å². The fourth-order valence-electron chi connectivity index (χ4n) is 2.73. The van der Waals surface area contributed by atoms with Crippen LogP contribution in [0.3, 0.4) is 0 Å². The van der Waals surface area contributed by atoms with Gasteiger partial charge in [-0.25, -0.2) is 4.98 Å². The SMILES string of the molecule is NC1CCN(CCN2C(=O)COc3ncc(Br)cc32)CC1. The third kappa shape index (κ3) is 3.36. The van der Waals surface area contributed by atoms with E-state index < -0.39 is 0 Å². The normalized spacial score (nSPS) is 20.3. The maximum atomic E-state index is 12.1. The number of carbonyl (C=O) groups is 1. The Labute approximate surface area is 132 Å². The molecule has 0 spiro atoms. The lowest BCUT2D eigenvalue weighted by Gasteiger charge is -2.33. The van der Waals surface area contributed by atoms with Gasteiger partial charge in [-0.3, -0.25) is 4.79 Å². The summed E-state index contributed by atoms with van der Waals surface area (Å²) in [4.78, 5) is 20.5. The van der Waals surface area contributed by atoms with E-state index in [0.717, 1.165) is 42.6 Å². The monoisotopic (exact) mass is 354 g/mol. The Morgan fingerprint density at radius 1 is 1.38 bits per heavy atom. The molecule has 1 fully saturated rings. The molecule has 2 N–H and O–H groups in total. The van der Waals surface area contributed by atoms with Gasteiger partial charge in [0.2, 0.25) is 5.88 Å². The molecule has 3 rings (SSSR count). The van der Waals surface area contributed by atoms with Crippen LogP contribution in [-0.2, 0) is 4.79 Å². The Morgan fingerprint density at radius 3 is 2.90 bits per heavy atom. The van der Waals surface area contributed by atoms with Gasteiger partial charge in [-0.15, -0.1) is 0 Å². The Morgan fingerprint density at radius 2 is 2.14 bits per heavy atom. The summed E-state index contributed by atoms with van der Waals surface area (Å²) in [7, 11) is 0. The summed E-state index contributed by atoms with van der Waals surface area (Å²) in [5.74, 6) is 0.509. The van der Waals surface area contributed by atoms with Gasteiger partial charge in [0.15, 0.2) is 6.61 Å². The lowest BCUT2D eigenvalue weighted by molar-refractivity contribution is -0.121. The molecule has 0 bridgehead atoms. The van der Waals surface area contributed by atoms with E-state index in [-0.39, 0.29) is 12.5 Å². The molecule has 6 nitrogen and oxygen atoms in total. The van der Waals surface area contributed by atoms with Gasteiger partial charge < -0.3 is 20.3 Å². The number of ether oxygens (including phenoxy) is 1. The lowest BCUT2D eigenvalue weighted by Crippen LogP contribution is -2.46. The Kier molecular flexibility index (Phi) is 4.42. The third-order valence-electron chi connectivity index (χ3n) is 4.00. The molecular weight excluding hydrogens is 336 g/mol. The van der Waals surface area contributed by atoms with Crippen molar-refractivity contribution in [1.82, 2.24) is 9.88 Å². The highest BCUT2D eigenvalue weighted by Gasteiger charge is 2.27. The van der Waals surface area contributed by atoms with Crippen molar-refractivity contribution in [2.75, 3.05) is 37.7 Å². The van der Waals surface area contributed by atoms with Crippen molar-refractivity contribution in [2.24, 2.45) is 5.73 Å². The van der Waals surface area contributed by atoms with Gasteiger partial charge >= 0.3 is 0 Å². The van der Waals surface area contributed by atoms with E-state index in [2.05, 4.69) is 25.8 Å². The van der Waals surface area contributed by atoms with Crippen LogP contribution in [0.25, 0.3) is 0 Å². The van der Waals surface area contributed by atoms with Crippen molar-refractivity contribution in [3.05, 3.63) is 16.7 Å². The van der Waals surface area contributed by atoms with Crippen molar-refractivity contribution < 1.29 is 9.53 Å². The summed E-state index contributed by atoms with van der Waals surface area (Å²) in [6.45, 7) is 3.58. The summed E-state index contributed by atoms with van der Waals surface area (Å²) in [5, 5.41) is 0. The first-order valence-corrected chi connectivity index (χ1v) is 7.99. The van der Waals surface area contributed by atoms with Gasteiger partial charge in [-0.2, -0.15) is 0 Å². The van der Waals surface area contributed by atoms with Crippen LogP contribution < -0.4 is 15.4 Å². The number of rotatable bonds is 3. The van der Waals surface area contributed by atoms with E-state index in [1.54, 1.807) is 11.1 Å². The summed E-state index contributed by atoms with van der Waals surface area (Å²) in [6.07, 6.45) is 3.74. The molecule has 0 saturated carbocycles. The highest BCUT2D eigenvalue weighted by atomic mass is 79.9. The van der Waals surface area contributed by atoms with Gasteiger partial charge in [0, 0.05) is 29.8 Å². The smallest absolute Gasteiger partial charge is 0.265 e. The van der Waals surface area contributed by atoms with E-state index in [0.29, 0.717) is 18.5 Å². The van der Waals surface area contributed by atoms with Gasteiger partial charge in [0.25, 0.3) is 5.91 Å². The second kappa shape index (κ2) is 6.29. The quantitative estimate of drug-likeness (QED) is 0.876. The molecule has 1 aromatic rings. The van der Waals surface area contributed by atoms with E-state index >= 15 is 0 Å². The minimum absolute atomic E-state index is 0.0175. The minimum Gasteiger partial charge on any atom is -0.466 e. The summed E-state index contributed by atoms with van der Waals surface area (Å²) in [6, 6.07) is 2.21. The van der Waals surface area contributed by atoms with Crippen molar-refractivity contribution in [1.29, 1.82) is 0 Å². The van der Waals surface area contributed by atoms with Gasteiger partial charge in [-0.05, 0) is 47.9 Å². The second-order valence-electron chi connectivity index (χ2n) is 5.49. The van der Waals surface area contributed by atoms with Crippen LogP contribution in [0.5, 0.6) is 5.88 Å². The molecule has 0 unspecified atom stereocenters. The molecule has 2 aliphatic rings. The number of hydrogen-bond acceptors (Lipinski definition) is 5. The molecule has 0 aromatic carbocycles. The van der Waals surface area contributed by atoms with Crippen LogP contribution in [0.2, 0.25) is 0 Å². The summed E-state index contributed by atoms with van der Waals surface area (Å²) in [5.41, 5.74) is 6.66. The van der Waals surface area contributed by atoms with Crippen LogP contribution in [-0.4, -0.2) is 54.6 Å². The summed E-state index contributed by atoms with van der Waals surface area (Å²) >= 11 is 3.39. The molecule has 1 amide bonds. The third-order valence-corrected chi connectivity index (χ3v) is 4.43. The van der Waals surface area contributed by atoms with Crippen LogP contribution in [0, 0.1) is 0 Å². The van der Waals surface area contributed by atoms with Crippen molar-refractivity contribution >= 4 is 27.5 Å². The number of fused-ring (bicyclic) bond motifs is 1. The first kappa shape index (κ1) is 14.7. The Balaban J connectivity index is 1.67. The average Bonchev–Trinajstić information content (AvgIpc) is 2.48. The minimum atomic E-state index is -0.0175. The second-order valence-corrected chi connectivity index (χ2v) is 6.41. The number of halogens is 1. The number of pyridine rings is 1. The predicted octanol–water partition coefficient (Wildman–Crippen LogP) is 0.993. The Bertz CT molecular complexity index is 532. The molecule has 7 heteroatoms. The lowest BCUT2D eigenvalue weighted by atomic mass is 10.1. The maximum absolute atomic E-state index is 12.1. The predicted molar refractivity (Wildman–Crippen MR) is 83.4 cm³/mol. The zero-order chi connectivity index (χ0) is 14.8. The van der Waals surface area contributed by atoms with Crippen molar-refractivity contribution in [2.45, 2.75) is 18.9 Å². The zero-order valence-electron chi connectivity index (χ0n) is 11.8. The molecule has 21 heavy (non-hydrogen) atoms. The number of nitrogens with two attached hydrogens (primary N) is 1. The highest BCUT2D eigenvalue weighted by Crippen LogP contribution is 2.32. The molecule has 114 valence electrons. The van der Waals surface area contributed by atoms with Gasteiger partial charge in [0.05, 0.1) is 0 Å². The van der Waals surface area contributed by atoms with E-state index in [1.807, 2.05) is 6.07 Å². The van der Waals surface area contributed by atoms with Crippen molar-refractivity contribution in [3.63, 3.8) is 0 Å². The molecule has 1 aromatic heterocycles. The topological polar surface area (TPSA) is 71.7 Å². The maximum Gasteiger partial charge on any atom is 0.265 e. The molecule has 0 atom stereocenters. The number of nitrogens with zero attached hydrogens (tertiary/aromatic N) is 3. The molecular formula is C14H19BrN4O2. The van der Waals surface area contributed by atoms with Gasteiger partial charge in [-0.1, -0.05) is 0 Å². The fourth-order valence-corrected chi connectivity index (χ4v) is 3.05. The van der Waals surface area contributed by atoms with E-state index in [4.69, 9.17) is 10.5 Å². The zero-order valence-corrected chi connectivity index (χ0v) is 13.4. The standard InChI is InChI=1S/C14H19BrN4O2/c15-10-7-12-14(17-8-10)21-9-13(20)19(12)6-5-18-3-1-11(16)2-4-18/h7-8,11H,1-6,9,16H2. The number of anilines is 1. The number of hydrogen-bond donors (Lipinski definition) is 1. The molecule has 0 aliphatic carbocycles. The van der Waals surface area contributed by atoms with Crippen LogP contribution >= 0.6 is 15.9 Å². The van der Waals surface area contributed by atoms with E-state index in [1.165, 1.54) is 0 Å². The average molecular weight is 355 g/mol. The first-order chi connectivity index (χ1) is 10.1. The number of likely N-dealkylation sites (tertiary alicyclic amines) is 1. The molecule has 1 saturated heterocycles. The van der Waals surface area contributed by atoms with Crippen molar-refractivity contribution in [3.8, 4) is 5.88 Å². The van der Waals surface area contributed by atoms with E-state index in [9.17, 15) is 4.79 Å². The number of aromatic nitrogens is 1. The summed E-state index contributed by atoms with van der Waals surface area (Å²) < 4.78 is 6.21. The van der Waals surface area contributed by atoms with Gasteiger partial charge in [0.1, 0.15) is 5.69 Å². The number of amides is 1. The molecule has 0 radical (unpaired) electrons. The first-order valence-electron chi connectivity index (χ1n) is 7.20. The Hall–Kier alpha value is -1.18. The van der Waals surface area contributed by atoms with Crippen LogP contribution in [0.1, 0.15) is 12.8 Å². The molecule has 3 heterocycles. The van der Waals surface area contributed by atoms with Crippen LogP contribution in [0.4, 0.5) is 5.69 Å². The number of piperidine rings is 1. The highest BCUT2D eigenvalue weighted by molar-refractivity contribution is 9.10. The number of carbonyl (C=O) groups excluding carboxylic acids is 1. The largest absolute Gasteiger partial charge is 0.466 e.